The highest BCUT2D eigenvalue weighted by molar-refractivity contribution is 5.85. The largest absolute Gasteiger partial charge is 0.312 e. The second-order valence-electron chi connectivity index (χ2n) is 4.16. The Morgan fingerprint density at radius 2 is 2.08 bits per heavy atom. The first kappa shape index (κ1) is 8.05. The molecule has 3 heteroatoms. The predicted octanol–water partition coefficient (Wildman–Crippen LogP) is 1.06. The number of hydrogen-bond acceptors (Lipinski definition) is 2. The number of rotatable bonds is 2. The average Bonchev–Trinajstić information content (AvgIpc) is 2.78. The lowest BCUT2D eigenvalue weighted by Crippen LogP contribution is -2.41. The van der Waals surface area contributed by atoms with Crippen LogP contribution in [0.2, 0.25) is 0 Å². The number of nitrogens with zero attached hydrogens (tertiary/aromatic N) is 1. The van der Waals surface area contributed by atoms with Crippen LogP contribution in [0.15, 0.2) is 4.99 Å². The van der Waals surface area contributed by atoms with Gasteiger partial charge >= 0.3 is 0 Å². The van der Waals surface area contributed by atoms with Gasteiger partial charge in [0.1, 0.15) is 5.84 Å². The van der Waals surface area contributed by atoms with Gasteiger partial charge in [0, 0.05) is 5.92 Å². The Morgan fingerprint density at radius 3 is 2.50 bits per heavy atom. The Morgan fingerprint density at radius 1 is 1.42 bits per heavy atom. The highest BCUT2D eigenvalue weighted by Gasteiger charge is 2.31. The Bertz CT molecular complexity index is 190. The van der Waals surface area contributed by atoms with E-state index in [1.807, 2.05) is 0 Å². The molecular weight excluding hydrogens is 150 g/mol. The molecule has 0 aromatic rings. The summed E-state index contributed by atoms with van der Waals surface area (Å²) in [6.45, 7) is 2.28. The molecule has 2 aliphatic carbocycles. The second kappa shape index (κ2) is 3.05. The maximum atomic E-state index is 5.42. The van der Waals surface area contributed by atoms with Crippen molar-refractivity contribution in [3.63, 3.8) is 0 Å². The van der Waals surface area contributed by atoms with E-state index in [-0.39, 0.29) is 0 Å². The molecule has 0 bridgehead atoms. The minimum Gasteiger partial charge on any atom is -0.312 e. The first-order valence-corrected chi connectivity index (χ1v) is 4.84. The van der Waals surface area contributed by atoms with E-state index in [1.54, 1.807) is 0 Å². The molecule has 0 radical (unpaired) electrons. The van der Waals surface area contributed by atoms with Gasteiger partial charge in [0.2, 0.25) is 0 Å². The third-order valence-corrected chi connectivity index (χ3v) is 2.78. The summed E-state index contributed by atoms with van der Waals surface area (Å²) in [4.78, 5) is 4.54. The summed E-state index contributed by atoms with van der Waals surface area (Å²) in [5.74, 6) is 7.97. The van der Waals surface area contributed by atoms with Gasteiger partial charge in [0.15, 0.2) is 0 Å². The summed E-state index contributed by atoms with van der Waals surface area (Å²) in [5.41, 5.74) is 2.75. The van der Waals surface area contributed by atoms with Gasteiger partial charge in [-0.1, -0.05) is 6.92 Å². The SMILES string of the molecule is CC1CC(C(=NC2CC2)NN)C1. The molecule has 0 amide bonds. The van der Waals surface area contributed by atoms with Crippen molar-refractivity contribution >= 4 is 5.84 Å². The molecule has 2 aliphatic rings. The number of hydrogen-bond donors (Lipinski definition) is 2. The van der Waals surface area contributed by atoms with Crippen LogP contribution in [-0.2, 0) is 0 Å². The predicted molar refractivity (Wildman–Crippen MR) is 49.7 cm³/mol. The van der Waals surface area contributed by atoms with E-state index in [9.17, 15) is 0 Å². The molecule has 12 heavy (non-hydrogen) atoms. The number of aliphatic imine (C=N–C) groups is 1. The van der Waals surface area contributed by atoms with Crippen LogP contribution in [-0.4, -0.2) is 11.9 Å². The van der Waals surface area contributed by atoms with Crippen molar-refractivity contribution in [2.45, 2.75) is 38.6 Å². The Labute approximate surface area is 73.4 Å². The second-order valence-corrected chi connectivity index (χ2v) is 4.16. The van der Waals surface area contributed by atoms with Crippen molar-refractivity contribution in [3.8, 4) is 0 Å². The van der Waals surface area contributed by atoms with Gasteiger partial charge in [-0.05, 0) is 31.6 Å². The molecule has 2 saturated carbocycles. The number of hydrazine groups is 1. The van der Waals surface area contributed by atoms with Crippen molar-refractivity contribution in [2.24, 2.45) is 22.7 Å². The normalized spacial score (nSPS) is 36.0. The summed E-state index contributed by atoms with van der Waals surface area (Å²) in [6.07, 6.45) is 5.03. The van der Waals surface area contributed by atoms with Crippen LogP contribution in [0.3, 0.4) is 0 Å². The van der Waals surface area contributed by atoms with E-state index in [0.29, 0.717) is 12.0 Å². The third kappa shape index (κ3) is 1.61. The number of nitrogens with two attached hydrogens (primary N) is 1. The van der Waals surface area contributed by atoms with E-state index in [1.165, 1.54) is 25.7 Å². The molecule has 2 fully saturated rings. The van der Waals surface area contributed by atoms with Crippen LogP contribution >= 0.6 is 0 Å². The number of amidine groups is 1. The van der Waals surface area contributed by atoms with Crippen molar-refractivity contribution in [1.82, 2.24) is 5.43 Å². The monoisotopic (exact) mass is 167 g/mol. The quantitative estimate of drug-likeness (QED) is 0.279. The lowest BCUT2D eigenvalue weighted by Gasteiger charge is -2.33. The van der Waals surface area contributed by atoms with Crippen molar-refractivity contribution in [2.75, 3.05) is 0 Å². The fraction of sp³-hybridized carbons (Fsp3) is 0.889. The lowest BCUT2D eigenvalue weighted by molar-refractivity contribution is 0.276. The van der Waals surface area contributed by atoms with Crippen LogP contribution in [0.5, 0.6) is 0 Å². The summed E-state index contributed by atoms with van der Waals surface area (Å²) >= 11 is 0. The van der Waals surface area contributed by atoms with Gasteiger partial charge in [-0.3, -0.25) is 4.99 Å². The maximum Gasteiger partial charge on any atom is 0.114 e. The van der Waals surface area contributed by atoms with Gasteiger partial charge in [-0.2, -0.15) is 0 Å². The van der Waals surface area contributed by atoms with Crippen LogP contribution in [0.25, 0.3) is 0 Å². The molecule has 0 spiro atoms. The minimum absolute atomic E-state index is 0.590. The molecule has 3 nitrogen and oxygen atoms in total. The van der Waals surface area contributed by atoms with Crippen LogP contribution in [0, 0.1) is 11.8 Å². The first-order chi connectivity index (χ1) is 5.79. The zero-order valence-corrected chi connectivity index (χ0v) is 7.59. The minimum atomic E-state index is 0.590. The zero-order chi connectivity index (χ0) is 8.55. The Hall–Kier alpha value is -0.570. The molecule has 0 unspecified atom stereocenters. The molecule has 0 aromatic carbocycles. The van der Waals surface area contributed by atoms with E-state index < -0.39 is 0 Å². The van der Waals surface area contributed by atoms with Crippen LogP contribution < -0.4 is 11.3 Å². The molecule has 0 atom stereocenters. The maximum absolute atomic E-state index is 5.42. The van der Waals surface area contributed by atoms with Crippen molar-refractivity contribution in [1.29, 1.82) is 0 Å². The fourth-order valence-electron chi connectivity index (χ4n) is 1.79. The lowest BCUT2D eigenvalue weighted by atomic mass is 9.75. The molecule has 0 heterocycles. The Balaban J connectivity index is 1.89. The Kier molecular flexibility index (Phi) is 2.05. The van der Waals surface area contributed by atoms with Crippen LogP contribution in [0.4, 0.5) is 0 Å². The van der Waals surface area contributed by atoms with E-state index >= 15 is 0 Å². The van der Waals surface area contributed by atoms with Gasteiger partial charge in [0.25, 0.3) is 0 Å². The zero-order valence-electron chi connectivity index (χ0n) is 7.59. The molecular formula is C9H17N3. The van der Waals surface area contributed by atoms with E-state index in [0.717, 1.165) is 11.8 Å². The molecule has 0 aromatic heterocycles. The summed E-state index contributed by atoms with van der Waals surface area (Å²) in [5, 5.41) is 0. The van der Waals surface area contributed by atoms with E-state index in [4.69, 9.17) is 5.84 Å². The smallest absolute Gasteiger partial charge is 0.114 e. The van der Waals surface area contributed by atoms with Gasteiger partial charge in [0.05, 0.1) is 6.04 Å². The molecule has 3 N–H and O–H groups in total. The van der Waals surface area contributed by atoms with Crippen molar-refractivity contribution in [3.05, 3.63) is 0 Å². The van der Waals surface area contributed by atoms with E-state index in [2.05, 4.69) is 17.3 Å². The summed E-state index contributed by atoms with van der Waals surface area (Å²) in [6, 6.07) is 0.590. The van der Waals surface area contributed by atoms with Crippen LogP contribution in [0.1, 0.15) is 32.6 Å². The standard InChI is InChI=1S/C9H17N3/c1-6-4-7(5-6)9(12-10)11-8-2-3-8/h6-8H,2-5,10H2,1H3,(H,11,12). The highest BCUT2D eigenvalue weighted by atomic mass is 15.3. The number of nitrogens with one attached hydrogen (secondary N) is 1. The van der Waals surface area contributed by atoms with Gasteiger partial charge in [-0.25, -0.2) is 5.84 Å². The average molecular weight is 167 g/mol. The molecule has 2 rings (SSSR count). The first-order valence-electron chi connectivity index (χ1n) is 4.84. The highest BCUT2D eigenvalue weighted by Crippen LogP contribution is 2.34. The molecule has 0 saturated heterocycles. The molecule has 68 valence electrons. The summed E-state index contributed by atoms with van der Waals surface area (Å²) in [7, 11) is 0. The third-order valence-electron chi connectivity index (χ3n) is 2.78. The topological polar surface area (TPSA) is 50.4 Å². The van der Waals surface area contributed by atoms with Gasteiger partial charge < -0.3 is 5.43 Å². The summed E-state index contributed by atoms with van der Waals surface area (Å²) < 4.78 is 0. The molecule has 0 aliphatic heterocycles. The fourth-order valence-corrected chi connectivity index (χ4v) is 1.79. The van der Waals surface area contributed by atoms with Gasteiger partial charge in [-0.15, -0.1) is 0 Å². The van der Waals surface area contributed by atoms with Crippen molar-refractivity contribution < 1.29 is 0 Å².